The van der Waals surface area contributed by atoms with Crippen LogP contribution in [0.2, 0.25) is 0 Å². The van der Waals surface area contributed by atoms with Crippen LogP contribution in [0, 0.1) is 11.3 Å². The van der Waals surface area contributed by atoms with Crippen molar-refractivity contribution in [3.63, 3.8) is 0 Å². The van der Waals surface area contributed by atoms with Crippen LogP contribution in [-0.2, 0) is 0 Å². The van der Waals surface area contributed by atoms with E-state index in [0.717, 1.165) is 6.20 Å². The fourth-order valence-electron chi connectivity index (χ4n) is 0.865. The van der Waals surface area contributed by atoms with Gasteiger partial charge in [-0.3, -0.25) is 4.98 Å². The second-order valence-corrected chi connectivity index (χ2v) is 2.21. The first kappa shape index (κ1) is 10.2. The van der Waals surface area contributed by atoms with Gasteiger partial charge in [0, 0.05) is 6.20 Å². The highest BCUT2D eigenvalue weighted by Gasteiger charge is 2.15. The molecule has 14 heavy (non-hydrogen) atoms. The number of rotatable bonds is 3. The van der Waals surface area contributed by atoms with Gasteiger partial charge in [0.15, 0.2) is 11.5 Å². The van der Waals surface area contributed by atoms with E-state index in [4.69, 9.17) is 10.00 Å². The van der Waals surface area contributed by atoms with Gasteiger partial charge in [-0.1, -0.05) is 0 Å². The highest BCUT2D eigenvalue weighted by molar-refractivity contribution is 5.49. The van der Waals surface area contributed by atoms with Crippen molar-refractivity contribution in [3.05, 3.63) is 18.0 Å². The molecule has 1 heterocycles. The molecule has 0 amide bonds. The Labute approximate surface area is 78.7 Å². The van der Waals surface area contributed by atoms with Gasteiger partial charge in [0.1, 0.15) is 11.6 Å². The number of nitrogens with zero attached hydrogens (tertiary/aromatic N) is 2. The molecule has 6 heteroatoms. The van der Waals surface area contributed by atoms with E-state index in [1.807, 2.05) is 0 Å². The fraction of sp³-hybridized carbons (Fsp3) is 0.250. The van der Waals surface area contributed by atoms with Crippen molar-refractivity contribution in [2.24, 2.45) is 0 Å². The first-order chi connectivity index (χ1) is 6.69. The molecule has 0 aliphatic heterocycles. The van der Waals surface area contributed by atoms with Crippen LogP contribution < -0.4 is 9.47 Å². The van der Waals surface area contributed by atoms with E-state index >= 15 is 0 Å². The molecule has 0 saturated carbocycles. The lowest BCUT2D eigenvalue weighted by atomic mass is 10.3. The molecule has 0 spiro atoms. The predicted octanol–water partition coefficient (Wildman–Crippen LogP) is 1.56. The Morgan fingerprint density at radius 2 is 2.21 bits per heavy atom. The maximum absolute atomic E-state index is 11.9. The molecule has 0 saturated heterocycles. The summed E-state index contributed by atoms with van der Waals surface area (Å²) in [6, 6.07) is 1.67. The highest BCUT2D eigenvalue weighted by atomic mass is 19.3. The summed E-state index contributed by atoms with van der Waals surface area (Å²) in [6.07, 6.45) is 2.32. The van der Waals surface area contributed by atoms with Crippen LogP contribution >= 0.6 is 0 Å². The maximum Gasteiger partial charge on any atom is 0.387 e. The van der Waals surface area contributed by atoms with Gasteiger partial charge in [-0.15, -0.1) is 0 Å². The van der Waals surface area contributed by atoms with Crippen molar-refractivity contribution in [2.45, 2.75) is 6.61 Å². The normalized spacial score (nSPS) is 9.64. The van der Waals surface area contributed by atoms with Gasteiger partial charge in [0.05, 0.1) is 13.3 Å². The molecule has 0 aliphatic carbocycles. The minimum absolute atomic E-state index is 0.00403. The molecule has 0 fully saturated rings. The zero-order chi connectivity index (χ0) is 10.6. The van der Waals surface area contributed by atoms with Crippen molar-refractivity contribution in [2.75, 3.05) is 7.11 Å². The molecule has 1 rings (SSSR count). The predicted molar refractivity (Wildman–Crippen MR) is 42.1 cm³/mol. The molecule has 0 N–H and O–H groups in total. The molecular formula is C8H6F2N2O2. The monoisotopic (exact) mass is 200 g/mol. The molecule has 74 valence electrons. The Hall–Kier alpha value is -1.90. The minimum Gasteiger partial charge on any atom is -0.491 e. The van der Waals surface area contributed by atoms with Gasteiger partial charge < -0.3 is 9.47 Å². The summed E-state index contributed by atoms with van der Waals surface area (Å²) in [5.74, 6) is -0.288. The Bertz CT molecular complexity index is 363. The first-order valence-corrected chi connectivity index (χ1v) is 3.56. The quantitative estimate of drug-likeness (QED) is 0.742. The van der Waals surface area contributed by atoms with E-state index in [1.54, 1.807) is 6.07 Å². The van der Waals surface area contributed by atoms with Gasteiger partial charge in [0.2, 0.25) is 0 Å². The number of methoxy groups -OCH3 is 1. The molecule has 1 aromatic rings. The summed E-state index contributed by atoms with van der Waals surface area (Å²) in [7, 11) is 1.27. The zero-order valence-electron chi connectivity index (χ0n) is 7.20. The SMILES string of the molecule is COc1cncc(C#N)c1OC(F)F. The Kier molecular flexibility index (Phi) is 3.18. The number of ether oxygens (including phenoxy) is 2. The topological polar surface area (TPSA) is 55.1 Å². The number of hydrogen-bond acceptors (Lipinski definition) is 4. The molecular weight excluding hydrogens is 194 g/mol. The number of alkyl halides is 2. The van der Waals surface area contributed by atoms with E-state index in [9.17, 15) is 8.78 Å². The molecule has 0 aromatic carbocycles. The summed E-state index contributed by atoms with van der Waals surface area (Å²) in [5.41, 5.74) is -0.0929. The van der Waals surface area contributed by atoms with Gasteiger partial charge in [-0.2, -0.15) is 14.0 Å². The highest BCUT2D eigenvalue weighted by Crippen LogP contribution is 2.30. The lowest BCUT2D eigenvalue weighted by Gasteiger charge is -2.09. The van der Waals surface area contributed by atoms with Gasteiger partial charge in [0.25, 0.3) is 0 Å². The molecule has 0 unspecified atom stereocenters. The average Bonchev–Trinajstić information content (AvgIpc) is 2.17. The number of hydrogen-bond donors (Lipinski definition) is 0. The van der Waals surface area contributed by atoms with Crippen LogP contribution in [0.5, 0.6) is 11.5 Å². The molecule has 0 radical (unpaired) electrons. The Morgan fingerprint density at radius 3 is 2.71 bits per heavy atom. The molecule has 1 aromatic heterocycles. The standard InChI is InChI=1S/C8H6F2N2O2/c1-13-6-4-12-3-5(2-11)7(6)14-8(9)10/h3-4,8H,1H3. The van der Waals surface area contributed by atoms with Crippen LogP contribution in [0.25, 0.3) is 0 Å². The third-order valence-corrected chi connectivity index (χ3v) is 1.41. The van der Waals surface area contributed by atoms with Gasteiger partial charge in [-0.05, 0) is 0 Å². The zero-order valence-corrected chi connectivity index (χ0v) is 7.20. The van der Waals surface area contributed by atoms with Crippen molar-refractivity contribution < 1.29 is 18.3 Å². The van der Waals surface area contributed by atoms with Crippen LogP contribution in [0.1, 0.15) is 5.56 Å². The number of nitriles is 1. The molecule has 0 atom stereocenters. The molecule has 4 nitrogen and oxygen atoms in total. The summed E-state index contributed by atoms with van der Waals surface area (Å²) < 4.78 is 32.7. The van der Waals surface area contributed by atoms with Crippen LogP contribution in [0.3, 0.4) is 0 Å². The third-order valence-electron chi connectivity index (χ3n) is 1.41. The first-order valence-electron chi connectivity index (χ1n) is 3.56. The number of pyridine rings is 1. The van der Waals surface area contributed by atoms with Crippen molar-refractivity contribution in [3.8, 4) is 17.6 Å². The average molecular weight is 200 g/mol. The fourth-order valence-corrected chi connectivity index (χ4v) is 0.865. The van der Waals surface area contributed by atoms with Crippen LogP contribution in [-0.4, -0.2) is 18.7 Å². The lowest BCUT2D eigenvalue weighted by Crippen LogP contribution is -2.05. The summed E-state index contributed by atoms with van der Waals surface area (Å²) in [5, 5.41) is 8.58. The second-order valence-electron chi connectivity index (χ2n) is 2.21. The van der Waals surface area contributed by atoms with Crippen molar-refractivity contribution in [1.29, 1.82) is 5.26 Å². The van der Waals surface area contributed by atoms with E-state index in [-0.39, 0.29) is 17.1 Å². The van der Waals surface area contributed by atoms with E-state index < -0.39 is 6.61 Å². The van der Waals surface area contributed by atoms with Crippen molar-refractivity contribution in [1.82, 2.24) is 4.98 Å². The molecule has 0 bridgehead atoms. The summed E-state index contributed by atoms with van der Waals surface area (Å²) >= 11 is 0. The number of halogens is 2. The van der Waals surface area contributed by atoms with Crippen molar-refractivity contribution >= 4 is 0 Å². The minimum atomic E-state index is -3.00. The largest absolute Gasteiger partial charge is 0.491 e. The van der Waals surface area contributed by atoms with E-state index in [0.29, 0.717) is 0 Å². The summed E-state index contributed by atoms with van der Waals surface area (Å²) in [4.78, 5) is 3.62. The smallest absolute Gasteiger partial charge is 0.387 e. The maximum atomic E-state index is 11.9. The molecule has 0 aliphatic rings. The Morgan fingerprint density at radius 1 is 1.50 bits per heavy atom. The Balaban J connectivity index is 3.14. The van der Waals surface area contributed by atoms with Crippen LogP contribution in [0.15, 0.2) is 12.4 Å². The number of aromatic nitrogens is 1. The third kappa shape index (κ3) is 2.07. The van der Waals surface area contributed by atoms with Gasteiger partial charge in [-0.25, -0.2) is 0 Å². The summed E-state index contributed by atoms with van der Waals surface area (Å²) in [6.45, 7) is -3.00. The van der Waals surface area contributed by atoms with E-state index in [2.05, 4.69) is 9.72 Å². The van der Waals surface area contributed by atoms with E-state index in [1.165, 1.54) is 13.3 Å². The van der Waals surface area contributed by atoms with Crippen LogP contribution in [0.4, 0.5) is 8.78 Å². The van der Waals surface area contributed by atoms with Gasteiger partial charge >= 0.3 is 6.61 Å². The second kappa shape index (κ2) is 4.37. The lowest BCUT2D eigenvalue weighted by molar-refractivity contribution is -0.0514.